The molecule has 0 saturated heterocycles. The minimum Gasteiger partial charge on any atom is -0.248 e. The lowest BCUT2D eigenvalue weighted by molar-refractivity contribution is 0.650. The molecule has 0 unspecified atom stereocenters. The smallest absolute Gasteiger partial charge is 0.0712 e. The number of pyridine rings is 1. The zero-order chi connectivity index (χ0) is 16.6. The number of aryl methyl sites for hydroxylation is 2. The minimum atomic E-state index is 0.655. The maximum Gasteiger partial charge on any atom is 0.0712 e. The zero-order valence-corrected chi connectivity index (χ0v) is 14.8. The van der Waals surface area contributed by atoms with Gasteiger partial charge in [0.1, 0.15) is 0 Å². The second kappa shape index (κ2) is 6.16. The van der Waals surface area contributed by atoms with Crippen LogP contribution in [0.1, 0.15) is 36.1 Å². The van der Waals surface area contributed by atoms with Crippen molar-refractivity contribution in [2.24, 2.45) is 5.92 Å². The van der Waals surface area contributed by atoms with Gasteiger partial charge in [-0.2, -0.15) is 0 Å². The van der Waals surface area contributed by atoms with Crippen molar-refractivity contribution in [2.75, 3.05) is 0 Å². The van der Waals surface area contributed by atoms with Crippen LogP contribution in [0.4, 0.5) is 0 Å². The Kier molecular flexibility index (Phi) is 4.21. The lowest BCUT2D eigenvalue weighted by Crippen LogP contribution is -1.96. The molecule has 1 heterocycles. The number of aromatic nitrogens is 1. The predicted octanol–water partition coefficient (Wildman–Crippen LogP) is 6.03. The van der Waals surface area contributed by atoms with Gasteiger partial charge in [-0.3, -0.25) is 0 Å². The van der Waals surface area contributed by atoms with Crippen molar-refractivity contribution < 1.29 is 0 Å². The van der Waals surface area contributed by atoms with E-state index in [1.165, 1.54) is 33.2 Å². The topological polar surface area (TPSA) is 12.9 Å². The summed E-state index contributed by atoms with van der Waals surface area (Å²) in [7, 11) is 0. The van der Waals surface area contributed by atoms with E-state index in [1.807, 2.05) is 0 Å². The van der Waals surface area contributed by atoms with Crippen LogP contribution in [0.15, 0.2) is 42.5 Å². The third-order valence-electron chi connectivity index (χ3n) is 4.67. The van der Waals surface area contributed by atoms with Crippen LogP contribution in [0.25, 0.3) is 22.2 Å². The average Bonchev–Trinajstić information content (AvgIpc) is 2.51. The first kappa shape index (κ1) is 15.7. The van der Waals surface area contributed by atoms with Gasteiger partial charge in [0.15, 0.2) is 0 Å². The summed E-state index contributed by atoms with van der Waals surface area (Å²) in [5, 5.41) is 1.28. The summed E-state index contributed by atoms with van der Waals surface area (Å²) in [6, 6.07) is 15.4. The standard InChI is InChI=1S/C22H25N/c1-14(2)11-18-7-6-8-22-20(18)9-10-21(23-22)19-12-15(3)17(5)16(4)13-19/h6-10,12-14H,11H2,1-5H3. The monoisotopic (exact) mass is 303 g/mol. The lowest BCUT2D eigenvalue weighted by atomic mass is 9.96. The normalized spacial score (nSPS) is 11.4. The third kappa shape index (κ3) is 3.14. The quantitative estimate of drug-likeness (QED) is 0.576. The molecular weight excluding hydrogens is 278 g/mol. The van der Waals surface area contributed by atoms with Crippen LogP contribution in [0.5, 0.6) is 0 Å². The molecule has 0 fully saturated rings. The van der Waals surface area contributed by atoms with Gasteiger partial charge in [-0.05, 0) is 79.6 Å². The molecule has 23 heavy (non-hydrogen) atoms. The van der Waals surface area contributed by atoms with Crippen LogP contribution in [0.2, 0.25) is 0 Å². The Labute approximate surface area is 139 Å². The van der Waals surface area contributed by atoms with Gasteiger partial charge in [0.25, 0.3) is 0 Å². The van der Waals surface area contributed by atoms with Crippen LogP contribution in [-0.2, 0) is 6.42 Å². The molecule has 0 aliphatic rings. The first-order valence-electron chi connectivity index (χ1n) is 8.42. The number of rotatable bonds is 3. The summed E-state index contributed by atoms with van der Waals surface area (Å²) in [5.74, 6) is 0.655. The van der Waals surface area contributed by atoms with E-state index >= 15 is 0 Å². The van der Waals surface area contributed by atoms with Crippen LogP contribution in [-0.4, -0.2) is 4.98 Å². The van der Waals surface area contributed by atoms with Crippen LogP contribution in [0.3, 0.4) is 0 Å². The van der Waals surface area contributed by atoms with E-state index < -0.39 is 0 Å². The van der Waals surface area contributed by atoms with Crippen molar-refractivity contribution in [3.8, 4) is 11.3 Å². The molecule has 118 valence electrons. The van der Waals surface area contributed by atoms with E-state index in [4.69, 9.17) is 4.98 Å². The number of nitrogens with zero attached hydrogens (tertiary/aromatic N) is 1. The fourth-order valence-corrected chi connectivity index (χ4v) is 3.18. The Balaban J connectivity index is 2.11. The maximum atomic E-state index is 4.93. The fraction of sp³-hybridized carbons (Fsp3) is 0.318. The molecule has 1 heteroatoms. The summed E-state index contributed by atoms with van der Waals surface area (Å²) in [4.78, 5) is 4.93. The Bertz CT molecular complexity index is 836. The van der Waals surface area contributed by atoms with E-state index in [1.54, 1.807) is 0 Å². The van der Waals surface area contributed by atoms with Gasteiger partial charge in [-0.1, -0.05) is 32.0 Å². The summed E-state index contributed by atoms with van der Waals surface area (Å²) in [6.07, 6.45) is 1.10. The lowest BCUT2D eigenvalue weighted by Gasteiger charge is -2.12. The van der Waals surface area contributed by atoms with Crippen molar-refractivity contribution in [2.45, 2.75) is 41.0 Å². The minimum absolute atomic E-state index is 0.655. The Hall–Kier alpha value is -2.15. The summed E-state index contributed by atoms with van der Waals surface area (Å²) >= 11 is 0. The average molecular weight is 303 g/mol. The van der Waals surface area contributed by atoms with Gasteiger partial charge in [0.2, 0.25) is 0 Å². The Morgan fingerprint density at radius 1 is 0.913 bits per heavy atom. The molecule has 1 nitrogen and oxygen atoms in total. The molecule has 0 spiro atoms. The first-order chi connectivity index (χ1) is 11.0. The summed E-state index contributed by atoms with van der Waals surface area (Å²) in [5.41, 5.74) is 8.79. The predicted molar refractivity (Wildman–Crippen MR) is 99.9 cm³/mol. The second-order valence-electron chi connectivity index (χ2n) is 7.01. The molecule has 3 rings (SSSR count). The van der Waals surface area contributed by atoms with Crippen molar-refractivity contribution in [3.05, 3.63) is 64.7 Å². The molecule has 0 bridgehead atoms. The molecule has 0 aliphatic heterocycles. The molecule has 0 amide bonds. The number of benzene rings is 2. The summed E-state index contributed by atoms with van der Waals surface area (Å²) in [6.45, 7) is 11.1. The third-order valence-corrected chi connectivity index (χ3v) is 4.67. The van der Waals surface area contributed by atoms with E-state index in [2.05, 4.69) is 77.1 Å². The molecule has 0 N–H and O–H groups in total. The highest BCUT2D eigenvalue weighted by Gasteiger charge is 2.08. The molecule has 0 radical (unpaired) electrons. The van der Waals surface area contributed by atoms with Gasteiger partial charge in [-0.25, -0.2) is 4.98 Å². The highest BCUT2D eigenvalue weighted by Crippen LogP contribution is 2.27. The number of fused-ring (bicyclic) bond motifs is 1. The van der Waals surface area contributed by atoms with E-state index in [0.717, 1.165) is 17.6 Å². The first-order valence-corrected chi connectivity index (χ1v) is 8.42. The van der Waals surface area contributed by atoms with Gasteiger partial charge in [0.05, 0.1) is 11.2 Å². The Morgan fingerprint density at radius 2 is 1.61 bits per heavy atom. The number of hydrogen-bond acceptors (Lipinski definition) is 1. The van der Waals surface area contributed by atoms with Crippen molar-refractivity contribution in [3.63, 3.8) is 0 Å². The van der Waals surface area contributed by atoms with Crippen molar-refractivity contribution >= 4 is 10.9 Å². The highest BCUT2D eigenvalue weighted by molar-refractivity contribution is 5.84. The summed E-state index contributed by atoms with van der Waals surface area (Å²) < 4.78 is 0. The van der Waals surface area contributed by atoms with Crippen LogP contribution in [0, 0.1) is 26.7 Å². The molecular formula is C22H25N. The molecule has 0 aliphatic carbocycles. The fourth-order valence-electron chi connectivity index (χ4n) is 3.18. The molecule has 2 aromatic carbocycles. The van der Waals surface area contributed by atoms with E-state index in [-0.39, 0.29) is 0 Å². The largest absolute Gasteiger partial charge is 0.248 e. The van der Waals surface area contributed by atoms with Crippen LogP contribution < -0.4 is 0 Å². The van der Waals surface area contributed by atoms with E-state index in [0.29, 0.717) is 5.92 Å². The second-order valence-corrected chi connectivity index (χ2v) is 7.01. The van der Waals surface area contributed by atoms with Gasteiger partial charge >= 0.3 is 0 Å². The number of hydrogen-bond donors (Lipinski definition) is 0. The van der Waals surface area contributed by atoms with Crippen molar-refractivity contribution in [1.29, 1.82) is 0 Å². The maximum absolute atomic E-state index is 4.93. The molecule has 1 aromatic heterocycles. The van der Waals surface area contributed by atoms with Crippen LogP contribution >= 0.6 is 0 Å². The van der Waals surface area contributed by atoms with Gasteiger partial charge < -0.3 is 0 Å². The van der Waals surface area contributed by atoms with E-state index in [9.17, 15) is 0 Å². The Morgan fingerprint density at radius 3 is 2.26 bits per heavy atom. The SMILES string of the molecule is Cc1cc(-c2ccc3c(CC(C)C)cccc3n2)cc(C)c1C. The highest BCUT2D eigenvalue weighted by atomic mass is 14.7. The van der Waals surface area contributed by atoms with Crippen molar-refractivity contribution in [1.82, 2.24) is 4.98 Å². The molecule has 0 atom stereocenters. The zero-order valence-electron chi connectivity index (χ0n) is 14.8. The molecule has 0 saturated carbocycles. The molecule has 3 aromatic rings. The van der Waals surface area contributed by atoms with Gasteiger partial charge in [0, 0.05) is 10.9 Å². The van der Waals surface area contributed by atoms with Gasteiger partial charge in [-0.15, -0.1) is 0 Å².